The van der Waals surface area contributed by atoms with Gasteiger partial charge in [-0.2, -0.15) is 0 Å². The molecule has 0 aromatic heterocycles. The molecule has 0 aliphatic heterocycles. The molecule has 0 saturated heterocycles. The van der Waals surface area contributed by atoms with Gasteiger partial charge in [-0.1, -0.05) is 45.4 Å². The highest BCUT2D eigenvalue weighted by molar-refractivity contribution is 4.85. The van der Waals surface area contributed by atoms with Crippen molar-refractivity contribution in [2.75, 3.05) is 6.54 Å². The van der Waals surface area contributed by atoms with Crippen LogP contribution in [0.2, 0.25) is 0 Å². The molecule has 2 aliphatic rings. The molecule has 2 aliphatic carbocycles. The molecule has 0 unspecified atom stereocenters. The van der Waals surface area contributed by atoms with Crippen LogP contribution in [0.15, 0.2) is 0 Å². The minimum atomic E-state index is 0.958. The summed E-state index contributed by atoms with van der Waals surface area (Å²) in [5, 5.41) is 0. The zero-order chi connectivity index (χ0) is 11.2. The Balaban J connectivity index is 1.83. The van der Waals surface area contributed by atoms with E-state index < -0.39 is 0 Å². The van der Waals surface area contributed by atoms with Crippen molar-refractivity contribution in [2.24, 2.45) is 0 Å². The number of rotatable bonds is 6. The van der Waals surface area contributed by atoms with Crippen molar-refractivity contribution < 1.29 is 0 Å². The Morgan fingerprint density at radius 3 is 1.75 bits per heavy atom. The Hall–Kier alpha value is -0.0400. The first-order chi connectivity index (χ1) is 7.92. The Labute approximate surface area is 102 Å². The van der Waals surface area contributed by atoms with Crippen LogP contribution in [0.5, 0.6) is 0 Å². The van der Waals surface area contributed by atoms with Crippen LogP contribution in [0.25, 0.3) is 0 Å². The molecule has 2 rings (SSSR count). The molecule has 1 nitrogen and oxygen atoms in total. The van der Waals surface area contributed by atoms with Crippen LogP contribution in [0.1, 0.15) is 77.6 Å². The van der Waals surface area contributed by atoms with Crippen molar-refractivity contribution in [3.63, 3.8) is 0 Å². The maximum absolute atomic E-state index is 2.91. The zero-order valence-electron chi connectivity index (χ0n) is 11.1. The summed E-state index contributed by atoms with van der Waals surface area (Å²) in [7, 11) is 0. The summed E-state index contributed by atoms with van der Waals surface area (Å²) < 4.78 is 0. The fourth-order valence-corrected chi connectivity index (χ4v) is 3.68. The monoisotopic (exact) mass is 223 g/mol. The molecule has 0 aromatic carbocycles. The van der Waals surface area contributed by atoms with E-state index in [1.54, 1.807) is 0 Å². The highest BCUT2D eigenvalue weighted by Gasteiger charge is 2.29. The van der Waals surface area contributed by atoms with Crippen LogP contribution in [-0.2, 0) is 0 Å². The van der Waals surface area contributed by atoms with Gasteiger partial charge in [0.05, 0.1) is 0 Å². The molecule has 2 fully saturated rings. The summed E-state index contributed by atoms with van der Waals surface area (Å²) in [6.45, 7) is 3.71. The van der Waals surface area contributed by atoms with E-state index in [0.29, 0.717) is 0 Å². The first-order valence-corrected chi connectivity index (χ1v) is 7.67. The number of hydrogen-bond acceptors (Lipinski definition) is 1. The van der Waals surface area contributed by atoms with Crippen molar-refractivity contribution in [1.29, 1.82) is 0 Å². The second-order valence-electron chi connectivity index (χ2n) is 5.82. The molecule has 0 bridgehead atoms. The van der Waals surface area contributed by atoms with Crippen LogP contribution >= 0.6 is 0 Å². The Morgan fingerprint density at radius 1 is 0.812 bits per heavy atom. The Kier molecular flexibility index (Phi) is 5.15. The summed E-state index contributed by atoms with van der Waals surface area (Å²) in [5.41, 5.74) is 0. The maximum atomic E-state index is 2.91. The number of unbranched alkanes of at least 4 members (excludes halogenated alkanes) is 2. The van der Waals surface area contributed by atoms with Gasteiger partial charge in [-0.15, -0.1) is 0 Å². The van der Waals surface area contributed by atoms with E-state index in [4.69, 9.17) is 0 Å². The lowest BCUT2D eigenvalue weighted by Gasteiger charge is -2.34. The first-order valence-electron chi connectivity index (χ1n) is 7.67. The van der Waals surface area contributed by atoms with Gasteiger partial charge in [0.1, 0.15) is 0 Å². The lowest BCUT2D eigenvalue weighted by molar-refractivity contribution is 0.134. The molecule has 2 saturated carbocycles. The third-order valence-electron chi connectivity index (χ3n) is 4.61. The summed E-state index contributed by atoms with van der Waals surface area (Å²) in [6, 6.07) is 1.92. The normalized spacial score (nSPS) is 23.6. The molecule has 0 atom stereocenters. The Morgan fingerprint density at radius 2 is 1.31 bits per heavy atom. The molecular formula is C15H29N. The van der Waals surface area contributed by atoms with E-state index in [1.807, 2.05) is 0 Å². The van der Waals surface area contributed by atoms with Crippen molar-refractivity contribution in [3.05, 3.63) is 0 Å². The predicted octanol–water partition coefficient (Wildman–Crippen LogP) is 4.36. The fourth-order valence-electron chi connectivity index (χ4n) is 3.68. The summed E-state index contributed by atoms with van der Waals surface area (Å²) in [4.78, 5) is 2.91. The van der Waals surface area contributed by atoms with Gasteiger partial charge in [0.25, 0.3) is 0 Å². The van der Waals surface area contributed by atoms with E-state index in [2.05, 4.69) is 11.8 Å². The zero-order valence-corrected chi connectivity index (χ0v) is 11.1. The van der Waals surface area contributed by atoms with Crippen LogP contribution in [0.4, 0.5) is 0 Å². The van der Waals surface area contributed by atoms with Crippen LogP contribution in [-0.4, -0.2) is 23.5 Å². The van der Waals surface area contributed by atoms with Gasteiger partial charge in [0.15, 0.2) is 0 Å². The van der Waals surface area contributed by atoms with E-state index in [0.717, 1.165) is 12.1 Å². The SMILES string of the molecule is CCCCCN(C1CCCC1)C1CCCC1. The topological polar surface area (TPSA) is 3.24 Å². The van der Waals surface area contributed by atoms with Crippen molar-refractivity contribution in [2.45, 2.75) is 89.6 Å². The van der Waals surface area contributed by atoms with Gasteiger partial charge in [-0.25, -0.2) is 0 Å². The van der Waals surface area contributed by atoms with Gasteiger partial charge < -0.3 is 0 Å². The van der Waals surface area contributed by atoms with Gasteiger partial charge in [0.2, 0.25) is 0 Å². The highest BCUT2D eigenvalue weighted by atomic mass is 15.2. The molecule has 0 N–H and O–H groups in total. The van der Waals surface area contributed by atoms with Crippen LogP contribution in [0.3, 0.4) is 0 Å². The van der Waals surface area contributed by atoms with Gasteiger partial charge in [-0.05, 0) is 38.6 Å². The molecule has 0 aromatic rings. The van der Waals surface area contributed by atoms with Gasteiger partial charge in [-0.3, -0.25) is 4.90 Å². The summed E-state index contributed by atoms with van der Waals surface area (Å²) in [5.74, 6) is 0. The van der Waals surface area contributed by atoms with Crippen molar-refractivity contribution >= 4 is 0 Å². The fraction of sp³-hybridized carbons (Fsp3) is 1.00. The molecule has 16 heavy (non-hydrogen) atoms. The maximum Gasteiger partial charge on any atom is 0.00981 e. The second kappa shape index (κ2) is 6.64. The lowest BCUT2D eigenvalue weighted by Crippen LogP contribution is -2.41. The lowest BCUT2D eigenvalue weighted by atomic mass is 10.1. The second-order valence-corrected chi connectivity index (χ2v) is 5.82. The minimum absolute atomic E-state index is 0.958. The number of hydrogen-bond donors (Lipinski definition) is 0. The average molecular weight is 223 g/mol. The standard InChI is InChI=1S/C15H29N/c1-2-3-8-13-16(14-9-4-5-10-14)15-11-6-7-12-15/h14-15H,2-13H2,1H3. The molecular weight excluding hydrogens is 194 g/mol. The number of nitrogens with zero attached hydrogens (tertiary/aromatic N) is 1. The smallest absolute Gasteiger partial charge is 0.00981 e. The molecule has 0 heterocycles. The summed E-state index contributed by atoms with van der Waals surface area (Å²) in [6.07, 6.45) is 16.1. The van der Waals surface area contributed by atoms with E-state index in [9.17, 15) is 0 Å². The molecule has 0 spiro atoms. The van der Waals surface area contributed by atoms with Crippen molar-refractivity contribution in [1.82, 2.24) is 4.90 Å². The first kappa shape index (κ1) is 12.4. The third-order valence-corrected chi connectivity index (χ3v) is 4.61. The van der Waals surface area contributed by atoms with E-state index >= 15 is 0 Å². The third kappa shape index (κ3) is 3.23. The van der Waals surface area contributed by atoms with Crippen molar-refractivity contribution in [3.8, 4) is 0 Å². The van der Waals surface area contributed by atoms with Gasteiger partial charge >= 0.3 is 0 Å². The molecule has 94 valence electrons. The van der Waals surface area contributed by atoms with Gasteiger partial charge in [0, 0.05) is 12.1 Å². The average Bonchev–Trinajstić information content (AvgIpc) is 2.97. The highest BCUT2D eigenvalue weighted by Crippen LogP contribution is 2.31. The molecule has 0 radical (unpaired) electrons. The largest absolute Gasteiger partial charge is 0.297 e. The van der Waals surface area contributed by atoms with E-state index in [1.165, 1.54) is 77.2 Å². The minimum Gasteiger partial charge on any atom is -0.297 e. The quantitative estimate of drug-likeness (QED) is 0.605. The summed E-state index contributed by atoms with van der Waals surface area (Å²) >= 11 is 0. The van der Waals surface area contributed by atoms with E-state index in [-0.39, 0.29) is 0 Å². The van der Waals surface area contributed by atoms with Crippen LogP contribution < -0.4 is 0 Å². The predicted molar refractivity (Wildman–Crippen MR) is 70.7 cm³/mol. The molecule has 1 heteroatoms. The molecule has 0 amide bonds. The van der Waals surface area contributed by atoms with Crippen LogP contribution in [0, 0.1) is 0 Å². The Bertz CT molecular complexity index is 162.